The van der Waals surface area contributed by atoms with Crippen LogP contribution in [0.5, 0.6) is 0 Å². The van der Waals surface area contributed by atoms with Gasteiger partial charge in [0.15, 0.2) is 0 Å². The summed E-state index contributed by atoms with van der Waals surface area (Å²) < 4.78 is 0. The first-order valence-corrected chi connectivity index (χ1v) is 6.92. The Labute approximate surface area is 102 Å². The molecule has 0 aliphatic heterocycles. The van der Waals surface area contributed by atoms with E-state index in [1.165, 1.54) is 44.1 Å². The lowest BCUT2D eigenvalue weighted by molar-refractivity contribution is 0.480. The zero-order chi connectivity index (χ0) is 12.1. The minimum absolute atomic E-state index is 0.725. The molecule has 0 aromatic carbocycles. The van der Waals surface area contributed by atoms with Gasteiger partial charge < -0.3 is 0 Å². The van der Waals surface area contributed by atoms with Crippen molar-refractivity contribution in [2.45, 2.75) is 66.2 Å². The van der Waals surface area contributed by atoms with Crippen LogP contribution in [0.1, 0.15) is 66.2 Å². The van der Waals surface area contributed by atoms with E-state index in [9.17, 15) is 0 Å². The lowest BCUT2D eigenvalue weighted by Crippen LogP contribution is -2.07. The van der Waals surface area contributed by atoms with Gasteiger partial charge in [-0.25, -0.2) is 0 Å². The summed E-state index contributed by atoms with van der Waals surface area (Å²) in [4.78, 5) is 0. The quantitative estimate of drug-likeness (QED) is 0.511. The molecule has 2 unspecified atom stereocenters. The average molecular weight is 220 g/mol. The molecule has 0 saturated heterocycles. The van der Waals surface area contributed by atoms with Crippen LogP contribution in [0.2, 0.25) is 0 Å². The molecule has 92 valence electrons. The first-order valence-electron chi connectivity index (χ1n) is 6.92. The van der Waals surface area contributed by atoms with Crippen molar-refractivity contribution >= 4 is 0 Å². The Hall–Kier alpha value is -0.520. The molecule has 0 nitrogen and oxygen atoms in total. The Kier molecular flexibility index (Phi) is 5.31. The SMILES string of the molecule is C=C1CCC(C)=C(CC)C(C)CCCC1C. The molecule has 0 aromatic rings. The number of rotatable bonds is 1. The van der Waals surface area contributed by atoms with E-state index in [0.717, 1.165) is 11.8 Å². The van der Waals surface area contributed by atoms with Gasteiger partial charge in [0, 0.05) is 0 Å². The van der Waals surface area contributed by atoms with E-state index < -0.39 is 0 Å². The summed E-state index contributed by atoms with van der Waals surface area (Å²) in [5, 5.41) is 0. The van der Waals surface area contributed by atoms with Crippen molar-refractivity contribution in [1.82, 2.24) is 0 Å². The van der Waals surface area contributed by atoms with Gasteiger partial charge in [0.2, 0.25) is 0 Å². The largest absolute Gasteiger partial charge is 0.0996 e. The summed E-state index contributed by atoms with van der Waals surface area (Å²) in [6.07, 6.45) is 7.71. The topological polar surface area (TPSA) is 0 Å². The van der Waals surface area contributed by atoms with Crippen LogP contribution in [0, 0.1) is 11.8 Å². The summed E-state index contributed by atoms with van der Waals surface area (Å²) in [7, 11) is 0. The molecule has 0 fully saturated rings. The zero-order valence-corrected chi connectivity index (χ0v) is 11.6. The van der Waals surface area contributed by atoms with E-state index in [1.807, 2.05) is 0 Å². The van der Waals surface area contributed by atoms with E-state index in [0.29, 0.717) is 0 Å². The first-order chi connectivity index (χ1) is 7.56. The van der Waals surface area contributed by atoms with Gasteiger partial charge in [-0.2, -0.15) is 0 Å². The molecule has 1 aliphatic rings. The lowest BCUT2D eigenvalue weighted by atomic mass is 9.83. The number of hydrogen-bond donors (Lipinski definition) is 0. The summed E-state index contributed by atoms with van der Waals surface area (Å²) in [5.74, 6) is 1.52. The Balaban J connectivity index is 2.81. The molecule has 0 spiro atoms. The van der Waals surface area contributed by atoms with Gasteiger partial charge in [0.05, 0.1) is 0 Å². The zero-order valence-electron chi connectivity index (χ0n) is 11.6. The summed E-state index contributed by atoms with van der Waals surface area (Å²) >= 11 is 0. The van der Waals surface area contributed by atoms with Crippen molar-refractivity contribution in [3.8, 4) is 0 Å². The second-order valence-electron chi connectivity index (χ2n) is 5.55. The molecule has 16 heavy (non-hydrogen) atoms. The number of allylic oxidation sites excluding steroid dienone is 3. The predicted molar refractivity (Wildman–Crippen MR) is 73.5 cm³/mol. The molecular formula is C16H28. The summed E-state index contributed by atoms with van der Waals surface area (Å²) in [6, 6.07) is 0. The Morgan fingerprint density at radius 2 is 1.75 bits per heavy atom. The van der Waals surface area contributed by atoms with Crippen LogP contribution in [0.4, 0.5) is 0 Å². The van der Waals surface area contributed by atoms with Crippen LogP contribution in [0.3, 0.4) is 0 Å². The van der Waals surface area contributed by atoms with E-state index >= 15 is 0 Å². The van der Waals surface area contributed by atoms with E-state index in [-0.39, 0.29) is 0 Å². The minimum atomic E-state index is 0.725. The molecule has 0 saturated carbocycles. The second-order valence-corrected chi connectivity index (χ2v) is 5.55. The van der Waals surface area contributed by atoms with Gasteiger partial charge in [0.25, 0.3) is 0 Å². The van der Waals surface area contributed by atoms with Gasteiger partial charge in [-0.3, -0.25) is 0 Å². The van der Waals surface area contributed by atoms with Crippen molar-refractivity contribution in [2.24, 2.45) is 11.8 Å². The van der Waals surface area contributed by atoms with Crippen molar-refractivity contribution in [3.63, 3.8) is 0 Å². The van der Waals surface area contributed by atoms with Crippen LogP contribution in [-0.4, -0.2) is 0 Å². The summed E-state index contributed by atoms with van der Waals surface area (Å²) in [5.41, 5.74) is 4.80. The fraction of sp³-hybridized carbons (Fsp3) is 0.750. The molecule has 2 atom stereocenters. The van der Waals surface area contributed by atoms with Crippen molar-refractivity contribution in [2.75, 3.05) is 0 Å². The van der Waals surface area contributed by atoms with Crippen LogP contribution in [0.25, 0.3) is 0 Å². The molecule has 0 aromatic heterocycles. The average Bonchev–Trinajstić information content (AvgIpc) is 2.25. The van der Waals surface area contributed by atoms with E-state index in [1.54, 1.807) is 11.1 Å². The Morgan fingerprint density at radius 1 is 1.12 bits per heavy atom. The third kappa shape index (κ3) is 3.50. The fourth-order valence-corrected chi connectivity index (χ4v) is 2.93. The highest BCUT2D eigenvalue weighted by atomic mass is 14.2. The van der Waals surface area contributed by atoms with Crippen LogP contribution in [0.15, 0.2) is 23.3 Å². The highest BCUT2D eigenvalue weighted by Crippen LogP contribution is 2.31. The molecule has 1 aliphatic carbocycles. The molecule has 0 heterocycles. The van der Waals surface area contributed by atoms with Crippen molar-refractivity contribution < 1.29 is 0 Å². The van der Waals surface area contributed by atoms with Gasteiger partial charge in [0.1, 0.15) is 0 Å². The molecule has 0 N–H and O–H groups in total. The molecule has 0 heteroatoms. The van der Waals surface area contributed by atoms with Crippen molar-refractivity contribution in [1.29, 1.82) is 0 Å². The fourth-order valence-electron chi connectivity index (χ4n) is 2.93. The maximum atomic E-state index is 4.25. The van der Waals surface area contributed by atoms with Crippen molar-refractivity contribution in [3.05, 3.63) is 23.3 Å². The lowest BCUT2D eigenvalue weighted by Gasteiger charge is -2.23. The smallest absolute Gasteiger partial charge is 0.0229 e. The maximum Gasteiger partial charge on any atom is -0.0229 e. The minimum Gasteiger partial charge on any atom is -0.0996 e. The molecule has 0 bridgehead atoms. The Morgan fingerprint density at radius 3 is 2.38 bits per heavy atom. The first kappa shape index (κ1) is 13.5. The third-order valence-corrected chi connectivity index (χ3v) is 4.32. The van der Waals surface area contributed by atoms with Gasteiger partial charge >= 0.3 is 0 Å². The maximum absolute atomic E-state index is 4.25. The monoisotopic (exact) mass is 220 g/mol. The summed E-state index contributed by atoms with van der Waals surface area (Å²) in [6.45, 7) is 13.6. The van der Waals surface area contributed by atoms with E-state index in [4.69, 9.17) is 0 Å². The predicted octanol–water partition coefficient (Wildman–Crippen LogP) is 5.51. The van der Waals surface area contributed by atoms with Crippen LogP contribution >= 0.6 is 0 Å². The van der Waals surface area contributed by atoms with Gasteiger partial charge in [-0.05, 0) is 50.9 Å². The standard InChI is InChI=1S/C16H28/c1-6-16-14(4)9-7-8-12(2)13(3)10-11-15(16)5/h12,14H,3,6-11H2,1-2,4-5H3. The van der Waals surface area contributed by atoms with E-state index in [2.05, 4.69) is 34.3 Å². The number of hydrogen-bond acceptors (Lipinski definition) is 0. The highest BCUT2D eigenvalue weighted by Gasteiger charge is 2.15. The molecule has 0 radical (unpaired) electrons. The van der Waals surface area contributed by atoms with Crippen LogP contribution < -0.4 is 0 Å². The highest BCUT2D eigenvalue weighted by molar-refractivity contribution is 5.17. The second kappa shape index (κ2) is 6.27. The molecule has 1 rings (SSSR count). The molecule has 0 amide bonds. The van der Waals surface area contributed by atoms with Crippen LogP contribution in [-0.2, 0) is 0 Å². The van der Waals surface area contributed by atoms with Gasteiger partial charge in [-0.15, -0.1) is 0 Å². The third-order valence-electron chi connectivity index (χ3n) is 4.32. The molecular weight excluding hydrogens is 192 g/mol. The Bertz CT molecular complexity index is 270. The van der Waals surface area contributed by atoms with Gasteiger partial charge in [-0.1, -0.05) is 50.5 Å². The normalized spacial score (nSPS) is 29.4.